The molecule has 3 aromatic heterocycles. The van der Waals surface area contributed by atoms with Crippen LogP contribution in [0.15, 0.2) is 48.8 Å². The molecule has 0 aromatic carbocycles. The predicted octanol–water partition coefficient (Wildman–Crippen LogP) is -1.70. The number of pyridine rings is 1. The monoisotopic (exact) mass is 693 g/mol. The predicted molar refractivity (Wildman–Crippen MR) is 162 cm³/mol. The van der Waals surface area contributed by atoms with Crippen molar-refractivity contribution in [1.29, 1.82) is 0 Å². The van der Waals surface area contributed by atoms with Crippen molar-refractivity contribution in [3.63, 3.8) is 0 Å². The lowest BCUT2D eigenvalue weighted by atomic mass is 10.0. The Labute approximate surface area is 269 Å². The van der Waals surface area contributed by atoms with Crippen LogP contribution in [0.25, 0.3) is 0 Å². The fraction of sp³-hybridized carbons (Fsp3) is 0.292. The van der Waals surface area contributed by atoms with Crippen molar-refractivity contribution in [3.05, 3.63) is 60.9 Å². The molecule has 2 atom stereocenters. The third kappa shape index (κ3) is 6.34. The normalized spacial score (nSPS) is 17.7. The number of amides is 2. The Morgan fingerprint density at radius 3 is 2.70 bits per heavy atom. The van der Waals surface area contributed by atoms with Crippen LogP contribution in [0.3, 0.4) is 0 Å². The van der Waals surface area contributed by atoms with Crippen molar-refractivity contribution in [2.75, 3.05) is 24.3 Å². The molecule has 0 saturated carbocycles. The number of aromatic nitrogens is 5. The van der Waals surface area contributed by atoms with Crippen LogP contribution in [0, 0.1) is 0 Å². The van der Waals surface area contributed by atoms with Gasteiger partial charge in [-0.15, -0.1) is 28.2 Å². The number of anilines is 1. The van der Waals surface area contributed by atoms with Crippen molar-refractivity contribution in [2.24, 2.45) is 12.2 Å². The number of nitrogens with zero attached hydrogens (tertiary/aromatic N) is 7. The fourth-order valence-electron chi connectivity index (χ4n) is 4.30. The molecule has 3 aromatic rings. The van der Waals surface area contributed by atoms with Crippen LogP contribution >= 0.6 is 34.9 Å². The van der Waals surface area contributed by atoms with Crippen LogP contribution < -0.4 is 26.9 Å². The van der Waals surface area contributed by atoms with E-state index in [2.05, 4.69) is 25.5 Å². The Morgan fingerprint density at radius 2 is 2.02 bits per heavy atom. The van der Waals surface area contributed by atoms with Crippen molar-refractivity contribution in [3.8, 4) is 11.6 Å². The maximum atomic E-state index is 13.4. The molecule has 0 radical (unpaired) electrons. The molecule has 2 aliphatic rings. The molecule has 0 bridgehead atoms. The molecule has 0 spiro atoms. The van der Waals surface area contributed by atoms with Crippen LogP contribution in [-0.2, 0) is 32.9 Å². The molecule has 22 heteroatoms. The van der Waals surface area contributed by atoms with Crippen LogP contribution in [0.4, 0.5) is 5.13 Å². The maximum absolute atomic E-state index is 13.4. The Morgan fingerprint density at radius 1 is 1.26 bits per heavy atom. The third-order valence-corrected chi connectivity index (χ3v) is 9.56. The van der Waals surface area contributed by atoms with Gasteiger partial charge in [-0.25, -0.2) is 14.5 Å². The molecule has 1 saturated heterocycles. The SMILES string of the molecule is COn1cc(O)c(=O)cc1CO/N=C(\C(=O)N[C@@H]1C(=O)N2C(C(=O)O)=C(CSc3nc(=O)c(O)nn3C)CS[C@H]12)c1csc(N)n1. The average molecular weight is 694 g/mol. The number of nitrogens with one attached hydrogen (secondary N) is 1. The summed E-state index contributed by atoms with van der Waals surface area (Å²) in [6, 6.07) is -0.0714. The molecule has 0 aliphatic carbocycles. The highest BCUT2D eigenvalue weighted by atomic mass is 32.2. The third-order valence-electron chi connectivity index (χ3n) is 6.44. The second-order valence-corrected chi connectivity index (χ2v) is 12.3. The Kier molecular flexibility index (Phi) is 9.20. The quantitative estimate of drug-likeness (QED) is 0.0648. The number of thiazole rings is 1. The fourth-order valence-corrected chi connectivity index (χ4v) is 7.24. The zero-order valence-electron chi connectivity index (χ0n) is 23.6. The number of nitrogens with two attached hydrogens (primary N) is 1. The number of hydrogen-bond acceptors (Lipinski definition) is 17. The molecule has 5 heterocycles. The number of carbonyl (C=O) groups is 3. The zero-order valence-corrected chi connectivity index (χ0v) is 26.1. The number of thioether (sulfide) groups is 2. The summed E-state index contributed by atoms with van der Waals surface area (Å²) in [4.78, 5) is 81.6. The summed E-state index contributed by atoms with van der Waals surface area (Å²) < 4.78 is 2.23. The van der Waals surface area contributed by atoms with E-state index >= 15 is 0 Å². The first-order valence-electron chi connectivity index (χ1n) is 12.8. The minimum absolute atomic E-state index is 0.0342. The number of aromatic hydroxyl groups is 2. The van der Waals surface area contributed by atoms with Gasteiger partial charge in [0.25, 0.3) is 17.7 Å². The van der Waals surface area contributed by atoms with Gasteiger partial charge in [-0.2, -0.15) is 9.71 Å². The van der Waals surface area contributed by atoms with E-state index in [0.717, 1.165) is 45.0 Å². The number of rotatable bonds is 11. The highest BCUT2D eigenvalue weighted by Crippen LogP contribution is 2.41. The molecule has 2 aliphatic heterocycles. The van der Waals surface area contributed by atoms with Gasteiger partial charge in [0.05, 0.1) is 6.20 Å². The van der Waals surface area contributed by atoms with E-state index in [1.807, 2.05) is 0 Å². The van der Waals surface area contributed by atoms with Gasteiger partial charge < -0.3 is 36.0 Å². The molecule has 19 nitrogen and oxygen atoms in total. The summed E-state index contributed by atoms with van der Waals surface area (Å²) in [5.41, 5.74) is 4.04. The van der Waals surface area contributed by atoms with Gasteiger partial charge in [-0.05, 0) is 5.57 Å². The van der Waals surface area contributed by atoms with Gasteiger partial charge in [-0.1, -0.05) is 16.9 Å². The summed E-state index contributed by atoms with van der Waals surface area (Å²) >= 11 is 3.24. The number of nitrogen functional groups attached to an aromatic ring is 1. The van der Waals surface area contributed by atoms with Crippen molar-refractivity contribution < 1.29 is 39.4 Å². The lowest BCUT2D eigenvalue weighted by Gasteiger charge is -2.49. The lowest BCUT2D eigenvalue weighted by Crippen LogP contribution is -2.71. The Bertz CT molecular complexity index is 1920. The van der Waals surface area contributed by atoms with Gasteiger partial charge >= 0.3 is 11.5 Å². The van der Waals surface area contributed by atoms with E-state index in [-0.39, 0.29) is 51.2 Å². The number of hydrogen-bond donors (Lipinski definition) is 5. The number of carboxylic acids is 1. The van der Waals surface area contributed by atoms with E-state index in [1.54, 1.807) is 0 Å². The minimum atomic E-state index is -1.36. The van der Waals surface area contributed by atoms with Crippen LogP contribution in [-0.4, -0.2) is 98.2 Å². The van der Waals surface area contributed by atoms with Crippen LogP contribution in [0.2, 0.25) is 0 Å². The molecule has 2 amide bonds. The van der Waals surface area contributed by atoms with E-state index in [4.69, 9.17) is 15.4 Å². The first-order valence-corrected chi connectivity index (χ1v) is 15.7. The molecule has 242 valence electrons. The highest BCUT2D eigenvalue weighted by Gasteiger charge is 2.54. The topological polar surface area (TPSA) is 267 Å². The number of β-lactam (4-membered cyclic amide) rings is 1. The molecule has 1 fully saturated rings. The summed E-state index contributed by atoms with van der Waals surface area (Å²) in [5.74, 6) is -4.03. The smallest absolute Gasteiger partial charge is 0.352 e. The lowest BCUT2D eigenvalue weighted by molar-refractivity contribution is -0.150. The minimum Gasteiger partial charge on any atom is -0.503 e. The summed E-state index contributed by atoms with van der Waals surface area (Å²) in [6.45, 7) is -0.369. The Balaban J connectivity index is 1.32. The standard InChI is InChI=1S/C24H23N9O10S3/c1-31-24(28-18(37)19(38)29-31)46-7-9-6-44-21-15(20(39)33(21)16(9)22(40)41)27-17(36)14(11-8-45-23(25)26-11)30-43-5-10-3-12(34)13(35)4-32(10)42-2/h3-4,8,15,21,35H,5-7H2,1-2H3,(H2,25,26)(H,27,36)(H,29,38)(H,40,41)/b30-14-/t15-,21-/m1/s1. The van der Waals surface area contributed by atoms with Gasteiger partial charge in [0, 0.05) is 30.0 Å². The number of oxime groups is 1. The van der Waals surface area contributed by atoms with Gasteiger partial charge in [0.1, 0.15) is 35.6 Å². The van der Waals surface area contributed by atoms with Crippen LogP contribution in [0.5, 0.6) is 11.6 Å². The second-order valence-electron chi connectivity index (χ2n) is 9.36. The van der Waals surface area contributed by atoms with E-state index in [0.29, 0.717) is 5.57 Å². The molecule has 5 rings (SSSR count). The number of aryl methyl sites for hydroxylation is 1. The number of carbonyl (C=O) groups excluding carboxylic acids is 2. The average Bonchev–Trinajstić information content (AvgIpc) is 3.45. The van der Waals surface area contributed by atoms with Gasteiger partial charge in [0.2, 0.25) is 5.43 Å². The van der Waals surface area contributed by atoms with Crippen molar-refractivity contribution in [2.45, 2.75) is 23.2 Å². The van der Waals surface area contributed by atoms with Crippen LogP contribution in [0.1, 0.15) is 11.4 Å². The summed E-state index contributed by atoms with van der Waals surface area (Å²) in [5, 5.41) is 40.0. The first kappa shape index (κ1) is 32.3. The molecule has 6 N–H and O–H groups in total. The summed E-state index contributed by atoms with van der Waals surface area (Å²) in [6.07, 6.45) is 1.03. The zero-order chi connectivity index (χ0) is 33.3. The van der Waals surface area contributed by atoms with Gasteiger partial charge in [-0.3, -0.25) is 24.1 Å². The maximum Gasteiger partial charge on any atom is 0.352 e. The van der Waals surface area contributed by atoms with E-state index in [1.165, 1.54) is 36.0 Å². The number of aliphatic carboxylic acids is 1. The van der Waals surface area contributed by atoms with Crippen molar-refractivity contribution in [1.82, 2.24) is 34.7 Å². The number of carboxylic acid groups (broad SMARTS) is 1. The summed E-state index contributed by atoms with van der Waals surface area (Å²) in [7, 11) is 2.74. The van der Waals surface area contributed by atoms with Crippen molar-refractivity contribution >= 4 is 63.5 Å². The Hall–Kier alpha value is -5.09. The highest BCUT2D eigenvalue weighted by molar-refractivity contribution is 8.01. The van der Waals surface area contributed by atoms with E-state index in [9.17, 15) is 39.3 Å². The van der Waals surface area contributed by atoms with Gasteiger partial charge in [0.15, 0.2) is 28.4 Å². The second kappa shape index (κ2) is 13.1. The largest absolute Gasteiger partial charge is 0.503 e. The molecular weight excluding hydrogens is 671 g/mol. The molecule has 46 heavy (non-hydrogen) atoms. The van der Waals surface area contributed by atoms with E-state index < -0.39 is 51.8 Å². The molecular formula is C24H23N9O10S3. The number of fused-ring (bicyclic) bond motifs is 1. The first-order chi connectivity index (χ1) is 21.9. The molecule has 0 unspecified atom stereocenters.